The predicted octanol–water partition coefficient (Wildman–Crippen LogP) is 2.02. The van der Waals surface area contributed by atoms with Crippen LogP contribution in [0.1, 0.15) is 40.5 Å². The number of esters is 2. The second kappa shape index (κ2) is 6.20. The summed E-state index contributed by atoms with van der Waals surface area (Å²) >= 11 is 0. The van der Waals surface area contributed by atoms with Crippen molar-refractivity contribution < 1.29 is 29.0 Å². The summed E-state index contributed by atoms with van der Waals surface area (Å²) < 4.78 is 11.1. The van der Waals surface area contributed by atoms with E-state index >= 15 is 0 Å². The van der Waals surface area contributed by atoms with Crippen LogP contribution in [0, 0.1) is 11.8 Å². The first-order valence-corrected chi connectivity index (χ1v) is 8.82. The summed E-state index contributed by atoms with van der Waals surface area (Å²) in [4.78, 5) is 37.0. The number of ketones is 1. The van der Waals surface area contributed by atoms with Crippen LogP contribution in [0.5, 0.6) is 0 Å². The maximum absolute atomic E-state index is 12.5. The third-order valence-electron chi connectivity index (χ3n) is 5.93. The average Bonchev–Trinajstić information content (AvgIpc) is 2.96. The molecule has 6 heteroatoms. The van der Waals surface area contributed by atoms with Gasteiger partial charge >= 0.3 is 11.9 Å². The molecule has 6 nitrogen and oxygen atoms in total. The third-order valence-corrected chi connectivity index (χ3v) is 5.93. The van der Waals surface area contributed by atoms with E-state index in [1.54, 1.807) is 33.8 Å². The molecule has 0 bridgehead atoms. The van der Waals surface area contributed by atoms with E-state index in [0.717, 1.165) is 0 Å². The minimum atomic E-state index is -1.59. The molecule has 1 heterocycles. The standard InChI is InChI=1S/C20H24O6/c1-6-9(2)18(22)25-14-7-10(3)16-13(21)8-11(4)20(16,24)17-15(14)12(5)19(23)26-17/h6,11,14-15,17,24H,5,7-8H2,1-4H3/b9-6+/t11-,14+,15-,17+,20-/m1/s1. The summed E-state index contributed by atoms with van der Waals surface area (Å²) in [6.45, 7) is 10.7. The lowest BCUT2D eigenvalue weighted by atomic mass is 9.77. The Bertz CT molecular complexity index is 773. The van der Waals surface area contributed by atoms with Crippen LogP contribution >= 0.6 is 0 Å². The molecule has 2 fully saturated rings. The summed E-state index contributed by atoms with van der Waals surface area (Å²) in [7, 11) is 0. The van der Waals surface area contributed by atoms with Gasteiger partial charge in [0.05, 0.1) is 5.92 Å². The molecule has 0 amide bonds. The normalized spacial score (nSPS) is 37.3. The summed E-state index contributed by atoms with van der Waals surface area (Å²) in [5, 5.41) is 11.5. The molecule has 140 valence electrons. The van der Waals surface area contributed by atoms with Gasteiger partial charge in [-0.2, -0.15) is 0 Å². The number of hydrogen-bond acceptors (Lipinski definition) is 6. The lowest BCUT2D eigenvalue weighted by Gasteiger charge is -2.36. The van der Waals surface area contributed by atoms with E-state index in [1.807, 2.05) is 0 Å². The van der Waals surface area contributed by atoms with Crippen molar-refractivity contribution in [1.82, 2.24) is 0 Å². The SMILES string of the molecule is C=C1C(=O)O[C@H]2[C@H]1[C@@H](OC(=O)/C(C)=C/C)CC(C)=C1C(=O)C[C@@H](C)[C@@]12O. The van der Waals surface area contributed by atoms with Gasteiger partial charge in [0, 0.05) is 35.5 Å². The van der Waals surface area contributed by atoms with Gasteiger partial charge in [0.25, 0.3) is 0 Å². The predicted molar refractivity (Wildman–Crippen MR) is 92.9 cm³/mol. The minimum Gasteiger partial charge on any atom is -0.458 e. The van der Waals surface area contributed by atoms with Gasteiger partial charge in [-0.1, -0.05) is 25.2 Å². The summed E-state index contributed by atoms with van der Waals surface area (Å²) in [6, 6.07) is 0. The van der Waals surface area contributed by atoms with Crippen molar-refractivity contribution in [1.29, 1.82) is 0 Å². The molecule has 5 atom stereocenters. The molecule has 3 rings (SSSR count). The number of carbonyl (C=O) groups excluding carboxylic acids is 3. The Labute approximate surface area is 152 Å². The largest absolute Gasteiger partial charge is 0.458 e. The number of ether oxygens (including phenoxy) is 2. The van der Waals surface area contributed by atoms with Gasteiger partial charge in [0.15, 0.2) is 5.78 Å². The van der Waals surface area contributed by atoms with E-state index in [-0.39, 0.29) is 24.2 Å². The molecule has 1 saturated carbocycles. The zero-order valence-electron chi connectivity index (χ0n) is 15.5. The number of rotatable bonds is 2. The number of Topliss-reactive ketones (excluding diaryl/α,β-unsaturated/α-hetero) is 1. The lowest BCUT2D eigenvalue weighted by Crippen LogP contribution is -2.51. The Morgan fingerprint density at radius 3 is 2.65 bits per heavy atom. The molecule has 0 spiro atoms. The highest BCUT2D eigenvalue weighted by atomic mass is 16.6. The highest BCUT2D eigenvalue weighted by Gasteiger charge is 2.63. The first-order chi connectivity index (χ1) is 12.1. The van der Waals surface area contributed by atoms with Gasteiger partial charge in [-0.05, 0) is 20.8 Å². The van der Waals surface area contributed by atoms with E-state index in [2.05, 4.69) is 6.58 Å². The summed E-state index contributed by atoms with van der Waals surface area (Å²) in [5.41, 5.74) is -0.0207. The lowest BCUT2D eigenvalue weighted by molar-refractivity contribution is -0.159. The third kappa shape index (κ3) is 2.47. The van der Waals surface area contributed by atoms with Gasteiger partial charge in [0.1, 0.15) is 17.8 Å². The molecule has 0 aromatic carbocycles. The zero-order chi connectivity index (χ0) is 19.4. The van der Waals surface area contributed by atoms with E-state index in [1.165, 1.54) is 0 Å². The molecule has 1 N–H and O–H groups in total. The Balaban J connectivity index is 2.10. The zero-order valence-corrected chi connectivity index (χ0v) is 15.5. The molecule has 2 aliphatic carbocycles. The number of fused-ring (bicyclic) bond motifs is 3. The van der Waals surface area contributed by atoms with Crippen molar-refractivity contribution in [3.63, 3.8) is 0 Å². The molecule has 3 aliphatic rings. The summed E-state index contributed by atoms with van der Waals surface area (Å²) in [6.07, 6.45) is 0.360. The Kier molecular flexibility index (Phi) is 4.43. The van der Waals surface area contributed by atoms with Crippen LogP contribution in [0.3, 0.4) is 0 Å². The maximum Gasteiger partial charge on any atom is 0.334 e. The van der Waals surface area contributed by atoms with Crippen molar-refractivity contribution in [3.05, 3.63) is 34.9 Å². The number of allylic oxidation sites excluding steroid dienone is 1. The van der Waals surface area contributed by atoms with E-state index in [4.69, 9.17) is 9.47 Å². The minimum absolute atomic E-state index is 0.151. The fraction of sp³-hybridized carbons (Fsp3) is 0.550. The molecule has 0 aromatic heterocycles. The fourth-order valence-electron chi connectivity index (χ4n) is 4.37. The fourth-order valence-corrected chi connectivity index (χ4v) is 4.37. The first-order valence-electron chi connectivity index (χ1n) is 8.82. The molecule has 0 radical (unpaired) electrons. The highest BCUT2D eigenvalue weighted by molar-refractivity contribution is 6.02. The smallest absolute Gasteiger partial charge is 0.334 e. The van der Waals surface area contributed by atoms with E-state index < -0.39 is 41.6 Å². The summed E-state index contributed by atoms with van der Waals surface area (Å²) in [5.74, 6) is -2.37. The maximum atomic E-state index is 12.5. The van der Waals surface area contributed by atoms with Gasteiger partial charge in [-0.15, -0.1) is 0 Å². The molecule has 0 aromatic rings. The number of aliphatic hydroxyl groups is 1. The van der Waals surface area contributed by atoms with E-state index in [9.17, 15) is 19.5 Å². The monoisotopic (exact) mass is 360 g/mol. The average molecular weight is 360 g/mol. The molecule has 0 unspecified atom stereocenters. The van der Waals surface area contributed by atoms with Crippen LogP contribution in [0.4, 0.5) is 0 Å². The van der Waals surface area contributed by atoms with E-state index in [0.29, 0.717) is 16.7 Å². The number of carbonyl (C=O) groups is 3. The molecule has 26 heavy (non-hydrogen) atoms. The van der Waals surface area contributed by atoms with Crippen LogP contribution in [-0.4, -0.2) is 40.6 Å². The van der Waals surface area contributed by atoms with Gasteiger partial charge in [-0.25, -0.2) is 9.59 Å². The van der Waals surface area contributed by atoms with Crippen LogP contribution in [-0.2, 0) is 23.9 Å². The topological polar surface area (TPSA) is 89.9 Å². The van der Waals surface area contributed by atoms with Crippen molar-refractivity contribution in [2.75, 3.05) is 0 Å². The molecule has 1 aliphatic heterocycles. The van der Waals surface area contributed by atoms with Crippen molar-refractivity contribution >= 4 is 17.7 Å². The molecule has 1 saturated heterocycles. The molecular weight excluding hydrogens is 336 g/mol. The van der Waals surface area contributed by atoms with Crippen LogP contribution in [0.15, 0.2) is 34.9 Å². The highest BCUT2D eigenvalue weighted by Crippen LogP contribution is 2.52. The second-order valence-electron chi connectivity index (χ2n) is 7.51. The van der Waals surface area contributed by atoms with Crippen LogP contribution in [0.25, 0.3) is 0 Å². The van der Waals surface area contributed by atoms with Crippen molar-refractivity contribution in [2.24, 2.45) is 11.8 Å². The van der Waals surface area contributed by atoms with Gasteiger partial charge < -0.3 is 14.6 Å². The van der Waals surface area contributed by atoms with Crippen molar-refractivity contribution in [2.45, 2.75) is 58.3 Å². The Morgan fingerprint density at radius 1 is 1.38 bits per heavy atom. The Hall–Kier alpha value is -2.21. The first kappa shape index (κ1) is 18.6. The van der Waals surface area contributed by atoms with Crippen molar-refractivity contribution in [3.8, 4) is 0 Å². The number of hydrogen-bond donors (Lipinski definition) is 1. The van der Waals surface area contributed by atoms with Crippen LogP contribution in [0.2, 0.25) is 0 Å². The Morgan fingerprint density at radius 2 is 2.04 bits per heavy atom. The molecular formula is C20H24O6. The second-order valence-corrected chi connectivity index (χ2v) is 7.51. The van der Waals surface area contributed by atoms with Crippen LogP contribution < -0.4 is 0 Å². The quantitative estimate of drug-likeness (QED) is 0.599. The van der Waals surface area contributed by atoms with Gasteiger partial charge in [0.2, 0.25) is 0 Å². The van der Waals surface area contributed by atoms with Gasteiger partial charge in [-0.3, -0.25) is 4.79 Å².